The van der Waals surface area contributed by atoms with Gasteiger partial charge in [0.25, 0.3) is 5.91 Å². The highest BCUT2D eigenvalue weighted by Gasteiger charge is 2.06. The lowest BCUT2D eigenvalue weighted by Crippen LogP contribution is -2.28. The Morgan fingerprint density at radius 3 is 2.25 bits per heavy atom. The van der Waals surface area contributed by atoms with Crippen molar-refractivity contribution in [3.05, 3.63) is 29.8 Å². The van der Waals surface area contributed by atoms with Crippen LogP contribution in [-0.4, -0.2) is 36.0 Å². The number of rotatable bonds is 10. The van der Waals surface area contributed by atoms with Crippen LogP contribution in [0.1, 0.15) is 36.0 Å². The van der Waals surface area contributed by atoms with E-state index in [4.69, 9.17) is 11.5 Å². The SMILES string of the molecule is C#CNc1ccc(C(=O)NCCCC(=O)NCCCC(=O)O)cc1. The minimum Gasteiger partial charge on any atom is -0.481 e. The second-order valence-corrected chi connectivity index (χ2v) is 5.05. The normalized spacial score (nSPS) is 9.62. The van der Waals surface area contributed by atoms with Gasteiger partial charge in [-0.05, 0) is 37.1 Å². The predicted molar refractivity (Wildman–Crippen MR) is 90.3 cm³/mol. The van der Waals surface area contributed by atoms with Crippen LogP contribution in [0.5, 0.6) is 0 Å². The van der Waals surface area contributed by atoms with Crippen LogP contribution < -0.4 is 16.0 Å². The molecule has 0 unspecified atom stereocenters. The smallest absolute Gasteiger partial charge is 0.303 e. The van der Waals surface area contributed by atoms with Gasteiger partial charge in [-0.15, -0.1) is 0 Å². The molecule has 0 radical (unpaired) electrons. The Kier molecular flexibility index (Phi) is 8.47. The maximum absolute atomic E-state index is 11.9. The molecule has 0 fully saturated rings. The monoisotopic (exact) mass is 331 g/mol. The summed E-state index contributed by atoms with van der Waals surface area (Å²) >= 11 is 0. The summed E-state index contributed by atoms with van der Waals surface area (Å²) in [6, 6.07) is 9.02. The van der Waals surface area contributed by atoms with Gasteiger partial charge in [0, 0.05) is 43.2 Å². The minimum absolute atomic E-state index is 0.0337. The van der Waals surface area contributed by atoms with Crippen molar-refractivity contribution in [3.8, 4) is 12.5 Å². The topological polar surface area (TPSA) is 108 Å². The zero-order chi connectivity index (χ0) is 17.8. The Labute approximate surface area is 140 Å². The fraction of sp³-hybridized carbons (Fsp3) is 0.353. The van der Waals surface area contributed by atoms with E-state index in [1.54, 1.807) is 24.3 Å². The summed E-state index contributed by atoms with van der Waals surface area (Å²) in [5.74, 6) is -1.25. The van der Waals surface area contributed by atoms with Crippen molar-refractivity contribution in [2.45, 2.75) is 25.7 Å². The van der Waals surface area contributed by atoms with Gasteiger partial charge in [0.2, 0.25) is 5.91 Å². The highest BCUT2D eigenvalue weighted by molar-refractivity contribution is 5.94. The summed E-state index contributed by atoms with van der Waals surface area (Å²) in [6.07, 6.45) is 6.34. The second kappa shape index (κ2) is 10.7. The predicted octanol–water partition coefficient (Wildman–Crippen LogP) is 1.18. The van der Waals surface area contributed by atoms with Crippen LogP contribution in [-0.2, 0) is 9.59 Å². The molecule has 0 spiro atoms. The third-order valence-electron chi connectivity index (χ3n) is 3.12. The first-order valence-electron chi connectivity index (χ1n) is 7.61. The minimum atomic E-state index is -0.880. The lowest BCUT2D eigenvalue weighted by atomic mass is 10.2. The molecule has 2 amide bonds. The molecule has 0 aliphatic heterocycles. The van der Waals surface area contributed by atoms with E-state index >= 15 is 0 Å². The van der Waals surface area contributed by atoms with Crippen molar-refractivity contribution < 1.29 is 19.5 Å². The number of anilines is 1. The molecule has 0 saturated carbocycles. The molecule has 0 bridgehead atoms. The van der Waals surface area contributed by atoms with Crippen LogP contribution in [0.4, 0.5) is 5.69 Å². The zero-order valence-electron chi connectivity index (χ0n) is 13.3. The van der Waals surface area contributed by atoms with Gasteiger partial charge in [-0.3, -0.25) is 14.4 Å². The lowest BCUT2D eigenvalue weighted by molar-refractivity contribution is -0.137. The first kappa shape index (κ1) is 19.0. The molecular weight excluding hydrogens is 310 g/mol. The summed E-state index contributed by atoms with van der Waals surface area (Å²) < 4.78 is 0. The molecule has 0 heterocycles. The van der Waals surface area contributed by atoms with E-state index in [9.17, 15) is 14.4 Å². The summed E-state index contributed by atoms with van der Waals surface area (Å²) in [7, 11) is 0. The molecular formula is C17H21N3O4. The molecule has 1 aromatic rings. The molecule has 7 nitrogen and oxygen atoms in total. The van der Waals surface area contributed by atoms with E-state index in [1.165, 1.54) is 0 Å². The molecule has 0 aromatic heterocycles. The average Bonchev–Trinajstić information content (AvgIpc) is 2.56. The van der Waals surface area contributed by atoms with Crippen molar-refractivity contribution in [1.82, 2.24) is 10.6 Å². The first-order valence-corrected chi connectivity index (χ1v) is 7.61. The van der Waals surface area contributed by atoms with Crippen molar-refractivity contribution in [1.29, 1.82) is 0 Å². The van der Waals surface area contributed by atoms with E-state index < -0.39 is 5.97 Å². The van der Waals surface area contributed by atoms with Gasteiger partial charge in [0.1, 0.15) is 0 Å². The number of carboxylic acids is 1. The number of hydrogen-bond acceptors (Lipinski definition) is 4. The van der Waals surface area contributed by atoms with Gasteiger partial charge in [-0.25, -0.2) is 0 Å². The van der Waals surface area contributed by atoms with Crippen LogP contribution in [0.15, 0.2) is 24.3 Å². The Morgan fingerprint density at radius 2 is 1.62 bits per heavy atom. The number of terminal acetylenes is 1. The van der Waals surface area contributed by atoms with Crippen LogP contribution >= 0.6 is 0 Å². The number of carboxylic acid groups (broad SMARTS) is 1. The fourth-order valence-electron chi connectivity index (χ4n) is 1.90. The summed E-state index contributed by atoms with van der Waals surface area (Å²) in [4.78, 5) is 33.7. The van der Waals surface area contributed by atoms with Gasteiger partial charge in [0.05, 0.1) is 0 Å². The van der Waals surface area contributed by atoms with Crippen molar-refractivity contribution in [2.75, 3.05) is 18.4 Å². The van der Waals surface area contributed by atoms with Crippen molar-refractivity contribution in [3.63, 3.8) is 0 Å². The standard InChI is InChI=1S/C17H21N3O4/c1-2-18-14-9-7-13(8-10-14)17(24)20-12-3-5-15(21)19-11-4-6-16(22)23/h1,7-10,18H,3-6,11-12H2,(H,19,21)(H,20,24)(H,22,23). The quantitative estimate of drug-likeness (QED) is 0.292. The van der Waals surface area contributed by atoms with Gasteiger partial charge in [-0.2, -0.15) is 0 Å². The maximum Gasteiger partial charge on any atom is 0.303 e. The molecule has 1 rings (SSSR count). The molecule has 0 atom stereocenters. The highest BCUT2D eigenvalue weighted by atomic mass is 16.4. The average molecular weight is 331 g/mol. The van der Waals surface area contributed by atoms with Gasteiger partial charge >= 0.3 is 5.97 Å². The van der Waals surface area contributed by atoms with Gasteiger partial charge in [0.15, 0.2) is 0 Å². The Hall–Kier alpha value is -3.01. The number of benzene rings is 1. The highest BCUT2D eigenvalue weighted by Crippen LogP contribution is 2.08. The number of carbonyl (C=O) groups is 3. The first-order chi connectivity index (χ1) is 11.5. The molecule has 0 saturated heterocycles. The van der Waals surface area contributed by atoms with E-state index in [1.807, 2.05) is 0 Å². The van der Waals surface area contributed by atoms with E-state index in [-0.39, 0.29) is 24.7 Å². The molecule has 7 heteroatoms. The summed E-state index contributed by atoms with van der Waals surface area (Å²) in [5.41, 5.74) is 1.24. The van der Waals surface area contributed by atoms with E-state index in [0.717, 1.165) is 5.69 Å². The molecule has 0 aliphatic rings. The van der Waals surface area contributed by atoms with Gasteiger partial charge in [-0.1, -0.05) is 6.42 Å². The van der Waals surface area contributed by atoms with Gasteiger partial charge < -0.3 is 21.1 Å². The number of aliphatic carboxylic acids is 1. The van der Waals surface area contributed by atoms with Crippen LogP contribution in [0.2, 0.25) is 0 Å². The van der Waals surface area contributed by atoms with Crippen LogP contribution in [0.25, 0.3) is 0 Å². The number of hydrogen-bond donors (Lipinski definition) is 4. The Balaban J connectivity index is 2.18. The third-order valence-corrected chi connectivity index (χ3v) is 3.12. The fourth-order valence-corrected chi connectivity index (χ4v) is 1.90. The maximum atomic E-state index is 11.9. The number of carbonyl (C=O) groups excluding carboxylic acids is 2. The van der Waals surface area contributed by atoms with E-state index in [0.29, 0.717) is 31.5 Å². The van der Waals surface area contributed by atoms with Crippen LogP contribution in [0, 0.1) is 12.5 Å². The molecule has 1 aromatic carbocycles. The largest absolute Gasteiger partial charge is 0.481 e. The molecule has 4 N–H and O–H groups in total. The lowest BCUT2D eigenvalue weighted by Gasteiger charge is -2.07. The summed E-state index contributed by atoms with van der Waals surface area (Å²) in [5, 5.41) is 16.5. The molecule has 24 heavy (non-hydrogen) atoms. The molecule has 0 aliphatic carbocycles. The number of amides is 2. The third kappa shape index (κ3) is 7.84. The second-order valence-electron chi connectivity index (χ2n) is 5.05. The Bertz CT molecular complexity index is 605. The summed E-state index contributed by atoms with van der Waals surface area (Å²) in [6.45, 7) is 0.723. The van der Waals surface area contributed by atoms with Crippen molar-refractivity contribution in [2.24, 2.45) is 0 Å². The van der Waals surface area contributed by atoms with Crippen LogP contribution in [0.3, 0.4) is 0 Å². The zero-order valence-corrected chi connectivity index (χ0v) is 13.3. The van der Waals surface area contributed by atoms with Crippen molar-refractivity contribution >= 4 is 23.5 Å². The Morgan fingerprint density at radius 1 is 1.00 bits per heavy atom. The number of nitrogens with one attached hydrogen (secondary N) is 3. The molecule has 128 valence electrons. The van der Waals surface area contributed by atoms with E-state index in [2.05, 4.69) is 22.0 Å².